The molecule has 0 radical (unpaired) electrons. The van der Waals surface area contributed by atoms with Crippen LogP contribution in [-0.4, -0.2) is 16.9 Å². The third-order valence-corrected chi connectivity index (χ3v) is 9.94. The largest absolute Gasteiger partial charge is 0.506 e. The zero-order valence-corrected chi connectivity index (χ0v) is 24.2. The van der Waals surface area contributed by atoms with Gasteiger partial charge >= 0.3 is 0 Å². The van der Waals surface area contributed by atoms with Crippen LogP contribution < -0.4 is 4.90 Å². The maximum absolute atomic E-state index is 14.3. The quantitative estimate of drug-likeness (QED) is 0.219. The molecule has 2 aromatic heterocycles. The molecule has 0 saturated carbocycles. The van der Waals surface area contributed by atoms with E-state index in [1.807, 2.05) is 64.1 Å². The Morgan fingerprint density at radius 2 is 0.975 bits per heavy atom. The highest BCUT2D eigenvalue weighted by atomic mass is 32.1. The average molecular weight is 562 g/mol. The van der Waals surface area contributed by atoms with E-state index in [9.17, 15) is 14.7 Å². The Kier molecular flexibility index (Phi) is 6.53. The van der Waals surface area contributed by atoms with Crippen LogP contribution in [0.3, 0.4) is 0 Å². The van der Waals surface area contributed by atoms with Crippen LogP contribution in [0.5, 0.6) is 5.75 Å². The summed E-state index contributed by atoms with van der Waals surface area (Å²) in [5, 5.41) is 10.7. The molecule has 1 N–H and O–H groups in total. The molecule has 198 valence electrons. The number of thiophene rings is 2. The Balaban J connectivity index is 1.64. The molecule has 0 fully saturated rings. The van der Waals surface area contributed by atoms with E-state index in [0.29, 0.717) is 11.1 Å². The van der Waals surface area contributed by atoms with Crippen LogP contribution in [0.2, 0.25) is 0 Å². The van der Waals surface area contributed by atoms with Crippen molar-refractivity contribution in [2.45, 2.75) is 27.7 Å². The molecule has 5 aromatic rings. The van der Waals surface area contributed by atoms with E-state index >= 15 is 0 Å². The molecule has 0 atom stereocenters. The zero-order chi connectivity index (χ0) is 28.1. The van der Waals surface area contributed by atoms with Gasteiger partial charge in [0.15, 0.2) is 0 Å². The predicted octanol–water partition coefficient (Wildman–Crippen LogP) is 8.57. The number of carbonyl (C=O) groups excluding carboxylic acids is 2. The molecule has 0 unspecified atom stereocenters. The first kappa shape index (κ1) is 26.0. The number of para-hydroxylation sites is 2. The summed E-state index contributed by atoms with van der Waals surface area (Å²) < 4.78 is 0. The average Bonchev–Trinajstić information content (AvgIpc) is 3.51. The molecule has 4 nitrogen and oxygen atoms in total. The van der Waals surface area contributed by atoms with Crippen molar-refractivity contribution in [3.63, 3.8) is 0 Å². The van der Waals surface area contributed by atoms with Gasteiger partial charge in [0.2, 0.25) is 0 Å². The molecule has 2 amide bonds. The fourth-order valence-corrected chi connectivity index (χ4v) is 7.98. The number of nitrogens with zero attached hydrogens (tertiary/aromatic N) is 1. The zero-order valence-electron chi connectivity index (χ0n) is 22.6. The van der Waals surface area contributed by atoms with Crippen LogP contribution in [0.15, 0.2) is 84.9 Å². The van der Waals surface area contributed by atoms with E-state index in [1.54, 1.807) is 40.9 Å². The van der Waals surface area contributed by atoms with E-state index in [-0.39, 0.29) is 11.4 Å². The summed E-state index contributed by atoms with van der Waals surface area (Å²) >= 11 is 3.26. The van der Waals surface area contributed by atoms with E-state index in [1.165, 1.54) is 6.07 Å². The van der Waals surface area contributed by atoms with Gasteiger partial charge in [-0.25, -0.2) is 4.90 Å². The molecule has 0 bridgehead atoms. The first-order chi connectivity index (χ1) is 19.3. The number of hydrogen-bond donors (Lipinski definition) is 1. The van der Waals surface area contributed by atoms with Crippen LogP contribution in [0.4, 0.5) is 5.69 Å². The van der Waals surface area contributed by atoms with Crippen molar-refractivity contribution in [3.8, 4) is 26.6 Å². The number of carbonyl (C=O) groups is 2. The van der Waals surface area contributed by atoms with Gasteiger partial charge in [-0.2, -0.15) is 0 Å². The molecule has 0 spiro atoms. The predicted molar refractivity (Wildman–Crippen MR) is 166 cm³/mol. The fraction of sp³-hybridized carbons (Fsp3) is 0.118. The summed E-state index contributed by atoms with van der Waals surface area (Å²) in [6, 6.07) is 26.7. The Morgan fingerprint density at radius 1 is 0.575 bits per heavy atom. The highest BCUT2D eigenvalue weighted by molar-refractivity contribution is 7.16. The van der Waals surface area contributed by atoms with Gasteiger partial charge in [0, 0.05) is 30.6 Å². The van der Waals surface area contributed by atoms with Gasteiger partial charge in [-0.15, -0.1) is 22.7 Å². The van der Waals surface area contributed by atoms with Gasteiger partial charge < -0.3 is 5.11 Å². The minimum atomic E-state index is -0.420. The summed E-state index contributed by atoms with van der Waals surface area (Å²) in [6.07, 6.45) is 0. The molecule has 1 aliphatic rings. The lowest BCUT2D eigenvalue weighted by Gasteiger charge is -2.16. The van der Waals surface area contributed by atoms with Gasteiger partial charge in [-0.1, -0.05) is 72.8 Å². The van der Waals surface area contributed by atoms with Crippen LogP contribution >= 0.6 is 22.7 Å². The SMILES string of the molecule is Cc1sc(-c2ccccc2)c(C)c1C1=C(c2c(C)sc(-c3ccccc3)c2C)C(=O)N(c2ccccc2O)C1=O. The third kappa shape index (κ3) is 4.03. The molecular weight excluding hydrogens is 535 g/mol. The van der Waals surface area contributed by atoms with Crippen LogP contribution in [0.25, 0.3) is 32.0 Å². The van der Waals surface area contributed by atoms with E-state index in [4.69, 9.17) is 0 Å². The number of rotatable bonds is 5. The van der Waals surface area contributed by atoms with Gasteiger partial charge in [0.25, 0.3) is 11.8 Å². The van der Waals surface area contributed by atoms with Crippen molar-refractivity contribution in [2.75, 3.05) is 4.90 Å². The topological polar surface area (TPSA) is 57.6 Å². The molecule has 40 heavy (non-hydrogen) atoms. The van der Waals surface area contributed by atoms with Crippen LogP contribution in [0, 0.1) is 27.7 Å². The van der Waals surface area contributed by atoms with Crippen molar-refractivity contribution >= 4 is 51.3 Å². The second-order valence-corrected chi connectivity index (χ2v) is 12.3. The summed E-state index contributed by atoms with van der Waals surface area (Å²) in [4.78, 5) is 33.9. The number of benzene rings is 3. The van der Waals surface area contributed by atoms with Crippen molar-refractivity contribution in [1.82, 2.24) is 0 Å². The smallest absolute Gasteiger partial charge is 0.266 e. The number of anilines is 1. The van der Waals surface area contributed by atoms with Crippen molar-refractivity contribution in [3.05, 3.63) is 117 Å². The number of aryl methyl sites for hydroxylation is 2. The second kappa shape index (κ2) is 10.0. The lowest BCUT2D eigenvalue weighted by atomic mass is 9.91. The van der Waals surface area contributed by atoms with E-state index in [2.05, 4.69) is 24.3 Å². The highest BCUT2D eigenvalue weighted by Gasteiger charge is 2.44. The van der Waals surface area contributed by atoms with Crippen molar-refractivity contribution in [1.29, 1.82) is 0 Å². The Morgan fingerprint density at radius 3 is 1.40 bits per heavy atom. The van der Waals surface area contributed by atoms with E-state index in [0.717, 1.165) is 57.8 Å². The molecule has 6 rings (SSSR count). The fourth-order valence-electron chi connectivity index (χ4n) is 5.64. The summed E-state index contributed by atoms with van der Waals surface area (Å²) in [6.45, 7) is 8.06. The van der Waals surface area contributed by atoms with Gasteiger partial charge in [0.05, 0.1) is 16.8 Å². The van der Waals surface area contributed by atoms with Gasteiger partial charge in [0.1, 0.15) is 5.75 Å². The third-order valence-electron chi connectivity index (χ3n) is 7.42. The molecule has 3 heterocycles. The number of aromatic hydroxyl groups is 1. The summed E-state index contributed by atoms with van der Waals surface area (Å²) in [7, 11) is 0. The number of amides is 2. The van der Waals surface area contributed by atoms with E-state index < -0.39 is 11.8 Å². The Bertz CT molecular complexity index is 1720. The number of phenols is 1. The monoisotopic (exact) mass is 561 g/mol. The lowest BCUT2D eigenvalue weighted by molar-refractivity contribution is -0.119. The number of imide groups is 1. The maximum Gasteiger partial charge on any atom is 0.266 e. The van der Waals surface area contributed by atoms with Crippen molar-refractivity contribution in [2.24, 2.45) is 0 Å². The minimum Gasteiger partial charge on any atom is -0.506 e. The van der Waals surface area contributed by atoms with Gasteiger partial charge in [-0.3, -0.25) is 9.59 Å². The highest BCUT2D eigenvalue weighted by Crippen LogP contribution is 2.49. The summed E-state index contributed by atoms with van der Waals surface area (Å²) in [5.74, 6) is -0.954. The molecule has 1 aliphatic heterocycles. The Labute approximate surface area is 241 Å². The summed E-state index contributed by atoms with van der Waals surface area (Å²) in [5.41, 5.74) is 6.65. The molecular formula is C34H27NO3S2. The molecule has 0 saturated heterocycles. The first-order valence-corrected chi connectivity index (χ1v) is 14.7. The van der Waals surface area contributed by atoms with Crippen LogP contribution in [0.1, 0.15) is 32.0 Å². The lowest BCUT2D eigenvalue weighted by Crippen LogP contribution is -2.31. The molecule has 3 aromatic carbocycles. The normalized spacial score (nSPS) is 13.6. The maximum atomic E-state index is 14.3. The van der Waals surface area contributed by atoms with Gasteiger partial charge in [-0.05, 0) is 62.1 Å². The molecule has 0 aliphatic carbocycles. The number of phenolic OH excluding ortho intramolecular Hbond substituents is 1. The first-order valence-electron chi connectivity index (χ1n) is 13.0. The molecule has 6 heteroatoms. The minimum absolute atomic E-state index is 0.114. The number of hydrogen-bond acceptors (Lipinski definition) is 5. The standard InChI is InChI=1S/C34H27NO3S2/c1-19-27(21(3)39-31(19)23-13-7-5-8-14-23)29-30(34(38)35(33(29)37)25-17-11-12-18-26(25)36)28-20(2)32(40-22(28)4)24-15-9-6-10-16-24/h5-18,36H,1-4H3. The Hall–Kier alpha value is -4.26. The second-order valence-electron chi connectivity index (χ2n) is 9.89. The van der Waals surface area contributed by atoms with Crippen molar-refractivity contribution < 1.29 is 14.7 Å². The van der Waals surface area contributed by atoms with Crippen LogP contribution in [-0.2, 0) is 9.59 Å².